The summed E-state index contributed by atoms with van der Waals surface area (Å²) in [5, 5.41) is 3.35. The highest BCUT2D eigenvalue weighted by molar-refractivity contribution is 5.76. The molecule has 3 fully saturated rings. The van der Waals surface area contributed by atoms with Crippen molar-refractivity contribution in [2.45, 2.75) is 51.5 Å². The second-order valence-corrected chi connectivity index (χ2v) is 8.52. The normalized spacial score (nSPS) is 29.0. The van der Waals surface area contributed by atoms with Gasteiger partial charge in [-0.15, -0.1) is 0 Å². The molecule has 1 amide bonds. The van der Waals surface area contributed by atoms with Crippen molar-refractivity contribution in [3.05, 3.63) is 29.8 Å². The van der Waals surface area contributed by atoms with E-state index in [0.29, 0.717) is 12.5 Å². The quantitative estimate of drug-likeness (QED) is 0.881. The molecular weight excluding hydrogens is 322 g/mol. The minimum Gasteiger partial charge on any atom is -0.369 e. The number of fused-ring (bicyclic) bond motifs is 1. The van der Waals surface area contributed by atoms with Gasteiger partial charge in [-0.25, -0.2) is 0 Å². The minimum atomic E-state index is 0.267. The zero-order chi connectivity index (χ0) is 17.9. The van der Waals surface area contributed by atoms with E-state index >= 15 is 0 Å². The number of nitrogens with zero attached hydrogens (tertiary/aromatic N) is 2. The second kappa shape index (κ2) is 7.99. The molecule has 1 aromatic rings. The molecule has 0 aromatic heterocycles. The first-order valence-electron chi connectivity index (χ1n) is 10.5. The summed E-state index contributed by atoms with van der Waals surface area (Å²) in [6, 6.07) is 9.22. The molecule has 2 saturated carbocycles. The lowest BCUT2D eigenvalue weighted by molar-refractivity contribution is -0.122. The van der Waals surface area contributed by atoms with E-state index in [1.54, 1.807) is 0 Å². The number of piperazine rings is 1. The molecule has 3 atom stereocenters. The molecule has 1 heterocycles. The predicted molar refractivity (Wildman–Crippen MR) is 106 cm³/mol. The van der Waals surface area contributed by atoms with Crippen LogP contribution in [0.25, 0.3) is 0 Å². The number of carbonyl (C=O) groups excluding carboxylic acids is 1. The Labute approximate surface area is 157 Å². The molecule has 2 aliphatic carbocycles. The van der Waals surface area contributed by atoms with Gasteiger partial charge < -0.3 is 10.2 Å². The van der Waals surface area contributed by atoms with E-state index in [1.165, 1.54) is 43.4 Å². The maximum absolute atomic E-state index is 12.4. The Balaban J connectivity index is 1.18. The molecule has 4 nitrogen and oxygen atoms in total. The van der Waals surface area contributed by atoms with E-state index in [2.05, 4.69) is 46.3 Å². The van der Waals surface area contributed by atoms with Crippen molar-refractivity contribution in [1.29, 1.82) is 0 Å². The molecule has 1 N–H and O–H groups in total. The predicted octanol–water partition coefficient (Wildman–Crippen LogP) is 3.20. The Hall–Kier alpha value is -1.55. The maximum Gasteiger partial charge on any atom is 0.221 e. The fourth-order valence-corrected chi connectivity index (χ4v) is 5.33. The van der Waals surface area contributed by atoms with Crippen LogP contribution in [0.4, 0.5) is 5.69 Å². The topological polar surface area (TPSA) is 35.6 Å². The molecule has 0 unspecified atom stereocenters. The first-order valence-corrected chi connectivity index (χ1v) is 10.5. The molecule has 1 aromatic carbocycles. The standard InChI is InChI=1S/C22H33N3O/c1-17-4-2-6-19(16-17)25-14-12-24(13-15-25)11-10-22(26)23-21-9-8-18-5-3-7-20(18)21/h2,4,6,16,18,20-21H,3,5,7-15H2,1H3,(H,23,26)/t18-,20-,21-/m0/s1. The zero-order valence-corrected chi connectivity index (χ0v) is 16.1. The van der Waals surface area contributed by atoms with E-state index in [4.69, 9.17) is 0 Å². The van der Waals surface area contributed by atoms with Gasteiger partial charge in [0.2, 0.25) is 5.91 Å². The van der Waals surface area contributed by atoms with Crippen LogP contribution >= 0.6 is 0 Å². The van der Waals surface area contributed by atoms with Gasteiger partial charge in [0.1, 0.15) is 0 Å². The van der Waals surface area contributed by atoms with Gasteiger partial charge in [0.25, 0.3) is 0 Å². The van der Waals surface area contributed by atoms with Crippen molar-refractivity contribution in [3.8, 4) is 0 Å². The SMILES string of the molecule is Cc1cccc(N2CCN(CCC(=O)N[C@H]3CC[C@@H]4CCC[C@@H]43)CC2)c1. The number of hydrogen-bond acceptors (Lipinski definition) is 3. The van der Waals surface area contributed by atoms with E-state index in [0.717, 1.165) is 44.6 Å². The van der Waals surface area contributed by atoms with Gasteiger partial charge >= 0.3 is 0 Å². The Bertz CT molecular complexity index is 624. The number of anilines is 1. The van der Waals surface area contributed by atoms with Gasteiger partial charge in [-0.1, -0.05) is 25.0 Å². The van der Waals surface area contributed by atoms with Gasteiger partial charge in [-0.05, 0) is 55.7 Å². The Morgan fingerprint density at radius 1 is 1.12 bits per heavy atom. The van der Waals surface area contributed by atoms with Gasteiger partial charge in [0.05, 0.1) is 0 Å². The van der Waals surface area contributed by atoms with Crippen LogP contribution in [-0.2, 0) is 4.79 Å². The Morgan fingerprint density at radius 2 is 1.96 bits per heavy atom. The summed E-state index contributed by atoms with van der Waals surface area (Å²) in [4.78, 5) is 17.3. The summed E-state index contributed by atoms with van der Waals surface area (Å²) in [7, 11) is 0. The molecule has 3 aliphatic rings. The molecule has 4 rings (SSSR count). The maximum atomic E-state index is 12.4. The van der Waals surface area contributed by atoms with Crippen LogP contribution in [0.2, 0.25) is 0 Å². The molecule has 26 heavy (non-hydrogen) atoms. The Morgan fingerprint density at radius 3 is 2.77 bits per heavy atom. The zero-order valence-electron chi connectivity index (χ0n) is 16.1. The molecule has 0 bridgehead atoms. The van der Waals surface area contributed by atoms with Crippen molar-refractivity contribution < 1.29 is 4.79 Å². The number of nitrogens with one attached hydrogen (secondary N) is 1. The van der Waals surface area contributed by atoms with Crippen LogP contribution in [0, 0.1) is 18.8 Å². The second-order valence-electron chi connectivity index (χ2n) is 8.52. The lowest BCUT2D eigenvalue weighted by atomic mass is 9.97. The molecule has 4 heteroatoms. The number of aryl methyl sites for hydroxylation is 1. The smallest absolute Gasteiger partial charge is 0.221 e. The minimum absolute atomic E-state index is 0.267. The van der Waals surface area contributed by atoms with Crippen molar-refractivity contribution in [2.75, 3.05) is 37.6 Å². The van der Waals surface area contributed by atoms with Gasteiger partial charge in [-0.3, -0.25) is 9.69 Å². The molecule has 0 radical (unpaired) electrons. The van der Waals surface area contributed by atoms with E-state index in [9.17, 15) is 4.79 Å². The first kappa shape index (κ1) is 17.8. The summed E-state index contributed by atoms with van der Waals surface area (Å²) in [6.07, 6.45) is 7.27. The third kappa shape index (κ3) is 4.06. The number of carbonyl (C=O) groups is 1. The average molecular weight is 356 g/mol. The lowest BCUT2D eigenvalue weighted by Crippen LogP contribution is -2.47. The summed E-state index contributed by atoms with van der Waals surface area (Å²) < 4.78 is 0. The van der Waals surface area contributed by atoms with Crippen LogP contribution in [0.5, 0.6) is 0 Å². The molecular formula is C22H33N3O. The third-order valence-electron chi connectivity index (χ3n) is 6.82. The van der Waals surface area contributed by atoms with Crippen LogP contribution in [0.15, 0.2) is 24.3 Å². The molecule has 1 saturated heterocycles. The number of amides is 1. The fourth-order valence-electron chi connectivity index (χ4n) is 5.33. The lowest BCUT2D eigenvalue weighted by Gasteiger charge is -2.36. The van der Waals surface area contributed by atoms with Crippen molar-refractivity contribution in [3.63, 3.8) is 0 Å². The van der Waals surface area contributed by atoms with Gasteiger partial charge in [0, 0.05) is 50.9 Å². The summed E-state index contributed by atoms with van der Waals surface area (Å²) in [6.45, 7) is 7.25. The highest BCUT2D eigenvalue weighted by atomic mass is 16.1. The van der Waals surface area contributed by atoms with Crippen LogP contribution in [-0.4, -0.2) is 49.6 Å². The number of hydrogen-bond donors (Lipinski definition) is 1. The van der Waals surface area contributed by atoms with E-state index in [1.807, 2.05) is 0 Å². The van der Waals surface area contributed by atoms with Crippen LogP contribution in [0.3, 0.4) is 0 Å². The van der Waals surface area contributed by atoms with Crippen molar-refractivity contribution in [1.82, 2.24) is 10.2 Å². The summed E-state index contributed by atoms with van der Waals surface area (Å²) >= 11 is 0. The van der Waals surface area contributed by atoms with Gasteiger partial charge in [-0.2, -0.15) is 0 Å². The highest BCUT2D eigenvalue weighted by Gasteiger charge is 2.39. The van der Waals surface area contributed by atoms with Gasteiger partial charge in [0.15, 0.2) is 0 Å². The van der Waals surface area contributed by atoms with Crippen LogP contribution < -0.4 is 10.2 Å². The number of benzene rings is 1. The Kier molecular flexibility index (Phi) is 5.49. The average Bonchev–Trinajstić information content (AvgIpc) is 3.26. The fraction of sp³-hybridized carbons (Fsp3) is 0.682. The van der Waals surface area contributed by atoms with Crippen molar-refractivity contribution >= 4 is 11.6 Å². The molecule has 142 valence electrons. The number of rotatable bonds is 5. The van der Waals surface area contributed by atoms with E-state index < -0.39 is 0 Å². The summed E-state index contributed by atoms with van der Waals surface area (Å²) in [5.41, 5.74) is 2.65. The highest BCUT2D eigenvalue weighted by Crippen LogP contribution is 2.43. The first-order chi connectivity index (χ1) is 12.7. The van der Waals surface area contributed by atoms with E-state index in [-0.39, 0.29) is 5.91 Å². The monoisotopic (exact) mass is 355 g/mol. The van der Waals surface area contributed by atoms with Crippen molar-refractivity contribution in [2.24, 2.45) is 11.8 Å². The largest absolute Gasteiger partial charge is 0.369 e. The molecule has 1 aliphatic heterocycles. The summed E-state index contributed by atoms with van der Waals surface area (Å²) in [5.74, 6) is 1.94. The van der Waals surface area contributed by atoms with Crippen LogP contribution in [0.1, 0.15) is 44.1 Å². The molecule has 0 spiro atoms. The third-order valence-corrected chi connectivity index (χ3v) is 6.82.